The van der Waals surface area contributed by atoms with E-state index in [-0.39, 0.29) is 18.9 Å². The third-order valence-electron chi connectivity index (χ3n) is 16.9. The van der Waals surface area contributed by atoms with Gasteiger partial charge in [-0.1, -0.05) is 274 Å². The van der Waals surface area contributed by atoms with Crippen LogP contribution in [-0.4, -0.2) is 140 Å². The van der Waals surface area contributed by atoms with E-state index >= 15 is 0 Å². The summed E-state index contributed by atoms with van der Waals surface area (Å²) < 4.78 is 22.7. The molecule has 12 unspecified atom stereocenters. The molecular weight excluding hydrogens is 1070 g/mol. The van der Waals surface area contributed by atoms with E-state index in [4.69, 9.17) is 18.9 Å². The number of aliphatic hydroxyl groups is 8. The Balaban J connectivity index is 1.50. The van der Waals surface area contributed by atoms with Crippen LogP contribution < -0.4 is 5.32 Å². The van der Waals surface area contributed by atoms with Gasteiger partial charge < -0.3 is 65.1 Å². The molecule has 1 amide bonds. The average molecular weight is 1200 g/mol. The summed E-state index contributed by atoms with van der Waals surface area (Å²) in [4.78, 5) is 13.2. The number of nitrogens with one attached hydrogen (secondary N) is 1. The lowest BCUT2D eigenvalue weighted by Gasteiger charge is -2.46. The smallest absolute Gasteiger partial charge is 0.220 e. The lowest BCUT2D eigenvalue weighted by Crippen LogP contribution is -2.65. The van der Waals surface area contributed by atoms with Crippen LogP contribution in [0.3, 0.4) is 0 Å². The molecule has 0 aromatic carbocycles. The molecule has 496 valence electrons. The minimum Gasteiger partial charge on any atom is -0.394 e. The zero-order chi connectivity index (χ0) is 61.6. The highest BCUT2D eigenvalue weighted by molar-refractivity contribution is 5.76. The first-order valence-corrected chi connectivity index (χ1v) is 35.0. The maximum Gasteiger partial charge on any atom is 0.220 e. The van der Waals surface area contributed by atoms with Gasteiger partial charge in [0.15, 0.2) is 12.6 Å². The molecule has 2 aliphatic rings. The molecule has 0 aromatic rings. The van der Waals surface area contributed by atoms with Gasteiger partial charge in [0, 0.05) is 6.42 Å². The van der Waals surface area contributed by atoms with Gasteiger partial charge in [0.1, 0.15) is 48.8 Å². The normalized spacial score (nSPS) is 23.9. The molecule has 0 spiro atoms. The Bertz CT molecular complexity index is 1660. The minimum absolute atomic E-state index is 0.252. The number of unbranched alkanes of at least 4 members (excludes halogenated alkanes) is 36. The van der Waals surface area contributed by atoms with Crippen LogP contribution in [0.15, 0.2) is 60.8 Å². The van der Waals surface area contributed by atoms with Crippen molar-refractivity contribution < 1.29 is 64.6 Å². The van der Waals surface area contributed by atoms with Crippen LogP contribution >= 0.6 is 0 Å². The number of amides is 1. The second kappa shape index (κ2) is 55.7. The van der Waals surface area contributed by atoms with Crippen molar-refractivity contribution in [2.24, 2.45) is 0 Å². The highest BCUT2D eigenvalue weighted by atomic mass is 16.7. The summed E-state index contributed by atoms with van der Waals surface area (Å²) in [5.74, 6) is -0.252. The SMILES string of the molecule is CC/C=C/CC/C=C/CC/C=C/C(O)C(COC1OC(CO)C(OC2OC(CO)C(O)C(O)C2O)C(O)C1O)NC(=O)CCCCCCCCCCCCCCCCCCCCCCCCCCCCCCC/C=C\C/C=C\CCCCCCC. The zero-order valence-electron chi connectivity index (χ0n) is 53.8. The first-order valence-electron chi connectivity index (χ1n) is 35.0. The van der Waals surface area contributed by atoms with Gasteiger partial charge >= 0.3 is 0 Å². The van der Waals surface area contributed by atoms with E-state index in [9.17, 15) is 45.6 Å². The van der Waals surface area contributed by atoms with Crippen molar-refractivity contribution >= 4 is 5.91 Å². The van der Waals surface area contributed by atoms with Gasteiger partial charge in [0.2, 0.25) is 5.91 Å². The van der Waals surface area contributed by atoms with Crippen LogP contribution in [0.25, 0.3) is 0 Å². The summed E-state index contributed by atoms with van der Waals surface area (Å²) in [7, 11) is 0. The molecule has 2 fully saturated rings. The van der Waals surface area contributed by atoms with Crippen LogP contribution in [0.1, 0.15) is 290 Å². The number of carbonyl (C=O) groups excluding carboxylic acids is 1. The fourth-order valence-electron chi connectivity index (χ4n) is 11.4. The summed E-state index contributed by atoms with van der Waals surface area (Å²) in [6.45, 7) is 2.64. The van der Waals surface area contributed by atoms with E-state index in [1.165, 1.54) is 205 Å². The minimum atomic E-state index is -1.79. The molecule has 0 aromatic heterocycles. The molecule has 0 bridgehead atoms. The van der Waals surface area contributed by atoms with Crippen molar-refractivity contribution in [1.29, 1.82) is 0 Å². The quantitative estimate of drug-likeness (QED) is 0.0204. The Morgan fingerprint density at radius 2 is 0.824 bits per heavy atom. The predicted octanol–water partition coefficient (Wildman–Crippen LogP) is 14.1. The largest absolute Gasteiger partial charge is 0.394 e. The molecule has 14 heteroatoms. The molecule has 2 aliphatic heterocycles. The molecule has 0 saturated carbocycles. The summed E-state index contributed by atoms with van der Waals surface area (Å²) in [5, 5.41) is 86.9. The molecule has 14 nitrogen and oxygen atoms in total. The molecule has 85 heavy (non-hydrogen) atoms. The van der Waals surface area contributed by atoms with Gasteiger partial charge in [0.05, 0.1) is 32.0 Å². The van der Waals surface area contributed by atoms with Crippen LogP contribution in [0.2, 0.25) is 0 Å². The van der Waals surface area contributed by atoms with Crippen molar-refractivity contribution in [2.75, 3.05) is 19.8 Å². The fraction of sp³-hybridized carbons (Fsp3) is 0.845. The number of ether oxygens (including phenoxy) is 4. The number of allylic oxidation sites excluding steroid dienone is 9. The molecule has 9 N–H and O–H groups in total. The van der Waals surface area contributed by atoms with Gasteiger partial charge in [-0.05, 0) is 70.6 Å². The van der Waals surface area contributed by atoms with Gasteiger partial charge in [-0.2, -0.15) is 0 Å². The molecule has 12 atom stereocenters. The Morgan fingerprint density at radius 3 is 1.27 bits per heavy atom. The van der Waals surface area contributed by atoms with Gasteiger partial charge in [-0.25, -0.2) is 0 Å². The summed E-state index contributed by atoms with van der Waals surface area (Å²) in [6.07, 6.45) is 57.8. The van der Waals surface area contributed by atoms with E-state index in [0.29, 0.717) is 12.8 Å². The molecule has 2 saturated heterocycles. The van der Waals surface area contributed by atoms with E-state index in [2.05, 4.69) is 67.8 Å². The maximum atomic E-state index is 13.2. The molecule has 2 rings (SSSR count). The summed E-state index contributed by atoms with van der Waals surface area (Å²) in [5.41, 5.74) is 0. The van der Waals surface area contributed by atoms with Crippen LogP contribution in [-0.2, 0) is 23.7 Å². The first kappa shape index (κ1) is 78.8. The van der Waals surface area contributed by atoms with Gasteiger partial charge in [-0.3, -0.25) is 4.79 Å². The Hall–Kier alpha value is -2.31. The fourth-order valence-corrected chi connectivity index (χ4v) is 11.4. The van der Waals surface area contributed by atoms with Crippen LogP contribution in [0.5, 0.6) is 0 Å². The highest BCUT2D eigenvalue weighted by Gasteiger charge is 2.51. The van der Waals surface area contributed by atoms with Crippen molar-refractivity contribution in [3.63, 3.8) is 0 Å². The van der Waals surface area contributed by atoms with Gasteiger partial charge in [0.25, 0.3) is 0 Å². The first-order chi connectivity index (χ1) is 41.6. The van der Waals surface area contributed by atoms with Gasteiger partial charge in [-0.15, -0.1) is 0 Å². The molecule has 0 aliphatic carbocycles. The lowest BCUT2D eigenvalue weighted by molar-refractivity contribution is -0.359. The Kier molecular flexibility index (Phi) is 51.7. The van der Waals surface area contributed by atoms with E-state index in [1.54, 1.807) is 6.08 Å². The maximum absolute atomic E-state index is 13.2. The van der Waals surface area contributed by atoms with Crippen molar-refractivity contribution in [3.8, 4) is 0 Å². The monoisotopic (exact) mass is 1200 g/mol. The number of carbonyl (C=O) groups is 1. The second-order valence-corrected chi connectivity index (χ2v) is 24.6. The van der Waals surface area contributed by atoms with Crippen molar-refractivity contribution in [3.05, 3.63) is 60.8 Å². The third kappa shape index (κ3) is 40.1. The van der Waals surface area contributed by atoms with Crippen molar-refractivity contribution in [1.82, 2.24) is 5.32 Å². The number of rotatable bonds is 57. The predicted molar refractivity (Wildman–Crippen MR) is 346 cm³/mol. The topological polar surface area (TPSA) is 228 Å². The number of hydrogen-bond acceptors (Lipinski definition) is 13. The van der Waals surface area contributed by atoms with Crippen LogP contribution in [0, 0.1) is 0 Å². The third-order valence-corrected chi connectivity index (χ3v) is 16.9. The van der Waals surface area contributed by atoms with E-state index in [1.807, 2.05) is 6.08 Å². The zero-order valence-corrected chi connectivity index (χ0v) is 53.8. The second-order valence-electron chi connectivity index (χ2n) is 24.6. The van der Waals surface area contributed by atoms with Crippen LogP contribution in [0.4, 0.5) is 0 Å². The average Bonchev–Trinajstić information content (AvgIpc) is 3.25. The Morgan fingerprint density at radius 1 is 0.435 bits per heavy atom. The number of aliphatic hydroxyl groups excluding tert-OH is 8. The Labute approximate surface area is 517 Å². The molecule has 2 heterocycles. The van der Waals surface area contributed by atoms with Crippen molar-refractivity contribution in [2.45, 2.75) is 364 Å². The molecular formula is C71H129NO13. The van der Waals surface area contributed by atoms with E-state index < -0.39 is 86.8 Å². The summed E-state index contributed by atoms with van der Waals surface area (Å²) in [6, 6.07) is -0.936. The summed E-state index contributed by atoms with van der Waals surface area (Å²) >= 11 is 0. The number of hydrogen-bond donors (Lipinski definition) is 9. The van der Waals surface area contributed by atoms with E-state index in [0.717, 1.165) is 51.4 Å². The standard InChI is InChI=1S/C71H129NO13/c1-3-5-7-9-11-13-15-16-17-18-19-20-21-22-23-24-25-26-27-28-29-30-31-32-33-34-35-36-37-38-39-40-41-42-43-44-45-47-49-51-53-55-63(76)72-59(60(75)54-52-50-48-46-14-12-10-8-6-4-2)58-82-70-68(81)66(79)69(62(57-74)84-70)85-71-67(80)65(78)64(77)61(56-73)83-71/h6,8,14-16,18-19,46,52,54,59-62,64-71,73-75,77-81H,3-5,7,9-13,17,20-45,47-51,53,55-58H2,1-2H3,(H,72,76)/b8-6+,16-15-,19-18-,46-14+,54-52+. The lowest BCUT2D eigenvalue weighted by atomic mass is 9.97. The highest BCUT2D eigenvalue weighted by Crippen LogP contribution is 2.30. The molecule has 0 radical (unpaired) electrons.